The molecule has 0 aliphatic rings. The van der Waals surface area contributed by atoms with Gasteiger partial charge >= 0.3 is 11.9 Å². The summed E-state index contributed by atoms with van der Waals surface area (Å²) in [5, 5.41) is 11.8. The molecular formula is C84H131NO8. The molecule has 9 nitrogen and oxygen atoms in total. The number of carboxylic acid groups (broad SMARTS) is 1. The monoisotopic (exact) mass is 1280 g/mol. The molecule has 0 rings (SSSR count). The first-order valence-corrected chi connectivity index (χ1v) is 36.2. The van der Waals surface area contributed by atoms with Crippen molar-refractivity contribution in [2.45, 2.75) is 257 Å². The van der Waals surface area contributed by atoms with Gasteiger partial charge < -0.3 is 33.3 Å². The Kier molecular flexibility index (Phi) is 67.0. The number of hydrogen-bond acceptors (Lipinski definition) is 8. The zero-order valence-electron chi connectivity index (χ0n) is 59.3. The van der Waals surface area contributed by atoms with E-state index < -0.39 is 24.3 Å². The number of allylic oxidation sites excluding steroid dienone is 34. The van der Waals surface area contributed by atoms with E-state index in [4.69, 9.17) is 18.9 Å². The predicted molar refractivity (Wildman–Crippen MR) is 397 cm³/mol. The topological polar surface area (TPSA) is 111 Å². The van der Waals surface area contributed by atoms with Crippen molar-refractivity contribution in [1.82, 2.24) is 0 Å². The molecule has 0 N–H and O–H groups in total. The molecule has 0 aliphatic heterocycles. The number of nitrogens with zero attached hydrogens (tertiary/aromatic N) is 1. The molecule has 0 aromatic heterocycles. The fourth-order valence-electron chi connectivity index (χ4n) is 9.08. The van der Waals surface area contributed by atoms with Gasteiger partial charge in [0.25, 0.3) is 0 Å². The molecule has 93 heavy (non-hydrogen) atoms. The number of quaternary nitrogens is 1. The Labute approximate surface area is 569 Å². The minimum Gasteiger partial charge on any atom is -0.545 e. The molecule has 0 aliphatic carbocycles. The van der Waals surface area contributed by atoms with E-state index in [1.807, 2.05) is 21.1 Å². The third-order valence-corrected chi connectivity index (χ3v) is 14.5. The molecule has 0 aromatic carbocycles. The van der Waals surface area contributed by atoms with Gasteiger partial charge in [-0.2, -0.15) is 0 Å². The van der Waals surface area contributed by atoms with Gasteiger partial charge in [-0.1, -0.05) is 297 Å². The summed E-state index contributed by atoms with van der Waals surface area (Å²) in [4.78, 5) is 37.5. The Balaban J connectivity index is 4.22. The second-order valence-corrected chi connectivity index (χ2v) is 24.4. The Bertz CT molecular complexity index is 2280. The fourth-order valence-corrected chi connectivity index (χ4v) is 9.08. The Hall–Kier alpha value is -6.13. The molecule has 2 unspecified atom stereocenters. The number of unbranched alkanes of at least 4 members (excludes halogenated alkanes) is 15. The lowest BCUT2D eigenvalue weighted by Gasteiger charge is -2.26. The fraction of sp³-hybridized carbons (Fsp3) is 0.560. The van der Waals surface area contributed by atoms with Gasteiger partial charge in [-0.3, -0.25) is 9.59 Å². The smallest absolute Gasteiger partial charge is 0.306 e. The predicted octanol–water partition coefficient (Wildman–Crippen LogP) is 21.8. The molecule has 0 spiro atoms. The largest absolute Gasteiger partial charge is 0.545 e. The number of aliphatic carboxylic acids is 1. The maximum absolute atomic E-state index is 12.9. The number of hydrogen-bond donors (Lipinski definition) is 0. The molecule has 0 amide bonds. The van der Waals surface area contributed by atoms with Crippen LogP contribution < -0.4 is 5.11 Å². The average molecular weight is 1280 g/mol. The number of ether oxygens (including phenoxy) is 4. The van der Waals surface area contributed by atoms with Crippen LogP contribution >= 0.6 is 0 Å². The highest BCUT2D eigenvalue weighted by molar-refractivity contribution is 5.70. The summed E-state index contributed by atoms with van der Waals surface area (Å²) >= 11 is 0. The van der Waals surface area contributed by atoms with Crippen molar-refractivity contribution < 1.29 is 42.9 Å². The maximum Gasteiger partial charge on any atom is 0.306 e. The van der Waals surface area contributed by atoms with E-state index >= 15 is 0 Å². The Morgan fingerprint density at radius 2 is 0.591 bits per heavy atom. The van der Waals surface area contributed by atoms with Gasteiger partial charge in [0, 0.05) is 12.8 Å². The molecule has 0 saturated heterocycles. The van der Waals surface area contributed by atoms with E-state index in [2.05, 4.69) is 220 Å². The van der Waals surface area contributed by atoms with E-state index in [0.717, 1.165) is 135 Å². The van der Waals surface area contributed by atoms with E-state index in [9.17, 15) is 19.5 Å². The zero-order chi connectivity index (χ0) is 67.5. The molecule has 520 valence electrons. The number of carbonyl (C=O) groups is 3. The van der Waals surface area contributed by atoms with Crippen LogP contribution in [0.1, 0.15) is 245 Å². The lowest BCUT2D eigenvalue weighted by Crippen LogP contribution is -2.44. The van der Waals surface area contributed by atoms with Gasteiger partial charge in [-0.15, -0.1) is 0 Å². The van der Waals surface area contributed by atoms with Crippen molar-refractivity contribution in [1.29, 1.82) is 0 Å². The molecule has 0 heterocycles. The van der Waals surface area contributed by atoms with E-state index in [-0.39, 0.29) is 38.6 Å². The van der Waals surface area contributed by atoms with Crippen LogP contribution in [0.25, 0.3) is 0 Å². The second kappa shape index (κ2) is 71.7. The maximum atomic E-state index is 12.9. The highest BCUT2D eigenvalue weighted by atomic mass is 16.7. The number of rotatable bonds is 64. The highest BCUT2D eigenvalue weighted by Gasteiger charge is 2.22. The average Bonchev–Trinajstić information content (AvgIpc) is 3.74. The molecule has 0 saturated carbocycles. The Morgan fingerprint density at radius 1 is 0.323 bits per heavy atom. The van der Waals surface area contributed by atoms with Gasteiger partial charge in [0.15, 0.2) is 12.4 Å². The molecular weight excluding hydrogens is 1150 g/mol. The van der Waals surface area contributed by atoms with E-state index in [1.165, 1.54) is 70.6 Å². The first kappa shape index (κ1) is 86.9. The van der Waals surface area contributed by atoms with Crippen LogP contribution in [-0.4, -0.2) is 82.3 Å². The summed E-state index contributed by atoms with van der Waals surface area (Å²) in [6, 6.07) is 0. The molecule has 2 atom stereocenters. The van der Waals surface area contributed by atoms with Gasteiger partial charge in [0.2, 0.25) is 0 Å². The molecule has 0 radical (unpaired) electrons. The second-order valence-electron chi connectivity index (χ2n) is 24.4. The summed E-state index contributed by atoms with van der Waals surface area (Å²) < 4.78 is 22.7. The minimum atomic E-state index is -1.65. The highest BCUT2D eigenvalue weighted by Crippen LogP contribution is 2.15. The first-order chi connectivity index (χ1) is 45.6. The van der Waals surface area contributed by atoms with Gasteiger partial charge in [-0.25, -0.2) is 0 Å². The summed E-state index contributed by atoms with van der Waals surface area (Å²) in [6.45, 7) is 4.43. The lowest BCUT2D eigenvalue weighted by atomic mass is 10.0. The van der Waals surface area contributed by atoms with Crippen molar-refractivity contribution in [3.05, 3.63) is 207 Å². The third kappa shape index (κ3) is 73.1. The normalized spacial score (nSPS) is 13.9. The summed E-state index contributed by atoms with van der Waals surface area (Å²) in [7, 11) is 5.90. The van der Waals surface area contributed by atoms with Crippen LogP contribution in [0.2, 0.25) is 0 Å². The van der Waals surface area contributed by atoms with Crippen LogP contribution in [-0.2, 0) is 33.3 Å². The van der Waals surface area contributed by atoms with Crippen molar-refractivity contribution in [2.75, 3.05) is 47.5 Å². The standard InChI is InChI=1S/C84H131NO8/c1-6-8-10-12-14-16-18-20-22-24-26-28-30-32-34-36-37-38-39-40-41-42-43-44-45-47-48-50-52-54-56-58-60-62-64-66-68-70-72-74-81(86)91-78-80(79-92-84(83(88)89)90-77-76-85(3,4)5)93-82(87)75-73-71-69-67-65-63-61-59-57-55-53-51-49-46-35-33-31-29-27-25-23-21-19-17-15-13-11-9-7-2/h8-11,14-17,20-23,26-29,32-35,37-38,40-41,43-44,49,51,55,57,61,63,67,69,80,84H,6-7,12-13,18-19,24-25,30-31,36,39,42,45-48,50,52-54,56,58-60,62,64-66,68,70-79H2,1-5H3/b10-8-,11-9-,16-14-,17-15-,22-20-,23-21-,28-26-,29-27-,34-32-,35-33-,38-37-,41-40-,44-43-,51-49-,57-55-,63-61-,69-67-. The van der Waals surface area contributed by atoms with Crippen molar-refractivity contribution in [2.24, 2.45) is 0 Å². The van der Waals surface area contributed by atoms with Gasteiger partial charge in [0.1, 0.15) is 13.2 Å². The number of likely N-dealkylation sites (N-methyl/N-ethyl adjacent to an activating group) is 1. The van der Waals surface area contributed by atoms with Crippen LogP contribution in [0.4, 0.5) is 0 Å². The van der Waals surface area contributed by atoms with Crippen molar-refractivity contribution >= 4 is 17.9 Å². The molecule has 0 aromatic rings. The third-order valence-electron chi connectivity index (χ3n) is 14.5. The molecule has 9 heteroatoms. The number of carbonyl (C=O) groups excluding carboxylic acids is 3. The summed E-state index contributed by atoms with van der Waals surface area (Å²) in [6.07, 6.45) is 109. The van der Waals surface area contributed by atoms with E-state index in [0.29, 0.717) is 23.9 Å². The van der Waals surface area contributed by atoms with Crippen LogP contribution in [0, 0.1) is 0 Å². The quantitative estimate of drug-likeness (QED) is 0.0195. The van der Waals surface area contributed by atoms with Crippen LogP contribution in [0.3, 0.4) is 0 Å². The van der Waals surface area contributed by atoms with Crippen molar-refractivity contribution in [3.8, 4) is 0 Å². The summed E-state index contributed by atoms with van der Waals surface area (Å²) in [5.74, 6) is -2.39. The first-order valence-electron chi connectivity index (χ1n) is 36.2. The SMILES string of the molecule is CC/C=C\C/C=C\C/C=C\C/C=C\C/C=C\C/C=C\C/C=C\C/C=C\C/C=C\CCCC(=O)OC(COC(=O)CCCCCCCCCCCCCCCC/C=C\C/C=C\C/C=C\C/C=C\C/C=C\C/C=C\C/C=C\C/C=C\CC)COC(OCC[N+](C)(C)C)C(=O)[O-]. The van der Waals surface area contributed by atoms with Crippen molar-refractivity contribution in [3.63, 3.8) is 0 Å². The lowest BCUT2D eigenvalue weighted by molar-refractivity contribution is -0.870. The Morgan fingerprint density at radius 3 is 0.892 bits per heavy atom. The number of carboxylic acids is 1. The van der Waals surface area contributed by atoms with Crippen LogP contribution in [0.5, 0.6) is 0 Å². The minimum absolute atomic E-state index is 0.126. The molecule has 0 fully saturated rings. The van der Waals surface area contributed by atoms with Crippen LogP contribution in [0.15, 0.2) is 207 Å². The zero-order valence-corrected chi connectivity index (χ0v) is 59.3. The molecule has 0 bridgehead atoms. The van der Waals surface area contributed by atoms with E-state index in [1.54, 1.807) is 0 Å². The number of esters is 2. The van der Waals surface area contributed by atoms with Gasteiger partial charge in [-0.05, 0) is 141 Å². The summed E-state index contributed by atoms with van der Waals surface area (Å²) in [5.41, 5.74) is 0. The van der Waals surface area contributed by atoms with Gasteiger partial charge in [0.05, 0.1) is 40.3 Å².